The van der Waals surface area contributed by atoms with Gasteiger partial charge in [0.15, 0.2) is 0 Å². The standard InChI is InChI=1S/C16H19BrN2O2/c1-10(11-4-3-5-13(17)8-11)19-9-14(20)18-16(2,15(19)21)12-6-7-12/h3-5,8,10,12H,6-7,9H2,1-2H3,(H,18,20). The Labute approximate surface area is 133 Å². The molecule has 1 aromatic carbocycles. The van der Waals surface area contributed by atoms with E-state index in [2.05, 4.69) is 21.2 Å². The minimum Gasteiger partial charge on any atom is -0.340 e. The zero-order chi connectivity index (χ0) is 15.2. The quantitative estimate of drug-likeness (QED) is 0.910. The van der Waals surface area contributed by atoms with Crippen molar-refractivity contribution in [1.29, 1.82) is 0 Å². The zero-order valence-electron chi connectivity index (χ0n) is 12.2. The van der Waals surface area contributed by atoms with Gasteiger partial charge in [0.1, 0.15) is 12.1 Å². The lowest BCUT2D eigenvalue weighted by Crippen LogP contribution is -2.66. The summed E-state index contributed by atoms with van der Waals surface area (Å²) in [6.45, 7) is 3.98. The van der Waals surface area contributed by atoms with E-state index in [9.17, 15) is 9.59 Å². The number of amides is 2. The van der Waals surface area contributed by atoms with Crippen LogP contribution in [-0.4, -0.2) is 28.8 Å². The highest BCUT2D eigenvalue weighted by Gasteiger charge is 2.53. The molecule has 1 aliphatic carbocycles. The summed E-state index contributed by atoms with van der Waals surface area (Å²) in [5.74, 6) is 0.259. The average molecular weight is 351 g/mol. The predicted octanol–water partition coefficient (Wildman–Crippen LogP) is 2.64. The first-order valence-corrected chi connectivity index (χ1v) is 8.08. The Morgan fingerprint density at radius 1 is 1.38 bits per heavy atom. The maximum absolute atomic E-state index is 12.9. The van der Waals surface area contributed by atoms with Crippen molar-refractivity contribution in [3.05, 3.63) is 34.3 Å². The van der Waals surface area contributed by atoms with E-state index in [1.807, 2.05) is 38.1 Å². The van der Waals surface area contributed by atoms with Gasteiger partial charge in [0.25, 0.3) is 0 Å². The number of halogens is 1. The topological polar surface area (TPSA) is 49.4 Å². The summed E-state index contributed by atoms with van der Waals surface area (Å²) in [5.41, 5.74) is 0.306. The van der Waals surface area contributed by atoms with Gasteiger partial charge in [0.05, 0.1) is 6.04 Å². The van der Waals surface area contributed by atoms with Crippen molar-refractivity contribution >= 4 is 27.7 Å². The number of rotatable bonds is 3. The van der Waals surface area contributed by atoms with Crippen LogP contribution >= 0.6 is 15.9 Å². The number of benzene rings is 1. The lowest BCUT2D eigenvalue weighted by molar-refractivity contribution is -0.152. The van der Waals surface area contributed by atoms with Crippen molar-refractivity contribution < 1.29 is 9.59 Å². The van der Waals surface area contributed by atoms with Gasteiger partial charge in [-0.05, 0) is 50.3 Å². The van der Waals surface area contributed by atoms with Crippen LogP contribution < -0.4 is 5.32 Å². The molecule has 2 fully saturated rings. The Morgan fingerprint density at radius 2 is 2.10 bits per heavy atom. The molecule has 2 amide bonds. The number of piperazine rings is 1. The van der Waals surface area contributed by atoms with Crippen LogP contribution in [0, 0.1) is 5.92 Å². The number of nitrogens with zero attached hydrogens (tertiary/aromatic N) is 1. The molecule has 2 atom stereocenters. The van der Waals surface area contributed by atoms with Crippen LogP contribution in [0.2, 0.25) is 0 Å². The first-order chi connectivity index (χ1) is 9.91. The van der Waals surface area contributed by atoms with E-state index in [0.717, 1.165) is 22.9 Å². The fourth-order valence-electron chi connectivity index (χ4n) is 3.10. The second-order valence-electron chi connectivity index (χ2n) is 6.19. The molecular formula is C16H19BrN2O2. The maximum atomic E-state index is 12.9. The molecule has 2 aliphatic rings. The van der Waals surface area contributed by atoms with Gasteiger partial charge < -0.3 is 10.2 Å². The zero-order valence-corrected chi connectivity index (χ0v) is 13.8. The molecule has 1 heterocycles. The lowest BCUT2D eigenvalue weighted by atomic mass is 9.90. The molecule has 0 aromatic heterocycles. The Balaban J connectivity index is 1.89. The normalized spacial score (nSPS) is 27.5. The third-order valence-corrected chi connectivity index (χ3v) is 5.10. The van der Waals surface area contributed by atoms with Gasteiger partial charge in [-0.2, -0.15) is 0 Å². The molecule has 1 saturated heterocycles. The Bertz CT molecular complexity index is 600. The second kappa shape index (κ2) is 5.13. The first-order valence-electron chi connectivity index (χ1n) is 7.29. The molecule has 4 nitrogen and oxygen atoms in total. The molecule has 0 spiro atoms. The van der Waals surface area contributed by atoms with Crippen LogP contribution in [0.5, 0.6) is 0 Å². The summed E-state index contributed by atoms with van der Waals surface area (Å²) in [6, 6.07) is 7.78. The van der Waals surface area contributed by atoms with Crippen LogP contribution in [0.4, 0.5) is 0 Å². The van der Waals surface area contributed by atoms with Crippen LogP contribution in [-0.2, 0) is 9.59 Å². The number of carbonyl (C=O) groups is 2. The average Bonchev–Trinajstić information content (AvgIpc) is 3.27. The van der Waals surface area contributed by atoms with E-state index < -0.39 is 5.54 Å². The molecule has 3 rings (SSSR count). The highest BCUT2D eigenvalue weighted by atomic mass is 79.9. The number of nitrogens with one attached hydrogen (secondary N) is 1. The SMILES string of the molecule is CC(c1cccc(Br)c1)N1CC(=O)NC(C)(C2CC2)C1=O. The Hall–Kier alpha value is -1.36. The predicted molar refractivity (Wildman–Crippen MR) is 83.5 cm³/mol. The van der Waals surface area contributed by atoms with Crippen molar-refractivity contribution in [2.45, 2.75) is 38.3 Å². The van der Waals surface area contributed by atoms with E-state index in [4.69, 9.17) is 0 Å². The molecule has 5 heteroatoms. The van der Waals surface area contributed by atoms with Gasteiger partial charge in [0.2, 0.25) is 11.8 Å². The van der Waals surface area contributed by atoms with Gasteiger partial charge in [-0.25, -0.2) is 0 Å². The summed E-state index contributed by atoms with van der Waals surface area (Å²) in [4.78, 5) is 26.6. The van der Waals surface area contributed by atoms with Crippen molar-refractivity contribution in [3.63, 3.8) is 0 Å². The molecule has 1 N–H and O–H groups in total. The lowest BCUT2D eigenvalue weighted by Gasteiger charge is -2.42. The van der Waals surface area contributed by atoms with Gasteiger partial charge in [-0.15, -0.1) is 0 Å². The minimum absolute atomic E-state index is 0.0390. The number of hydrogen-bond donors (Lipinski definition) is 1. The number of hydrogen-bond acceptors (Lipinski definition) is 2. The fraction of sp³-hybridized carbons (Fsp3) is 0.500. The van der Waals surface area contributed by atoms with Crippen molar-refractivity contribution in [3.8, 4) is 0 Å². The second-order valence-corrected chi connectivity index (χ2v) is 7.10. The Morgan fingerprint density at radius 3 is 2.71 bits per heavy atom. The highest BCUT2D eigenvalue weighted by Crippen LogP contribution is 2.42. The molecule has 0 radical (unpaired) electrons. The van der Waals surface area contributed by atoms with Crippen molar-refractivity contribution in [2.24, 2.45) is 5.92 Å². The summed E-state index contributed by atoms with van der Waals surface area (Å²) in [5, 5.41) is 2.91. The monoisotopic (exact) mass is 350 g/mol. The van der Waals surface area contributed by atoms with Crippen LogP contribution in [0.1, 0.15) is 38.3 Å². The van der Waals surface area contributed by atoms with Gasteiger partial charge in [-0.1, -0.05) is 28.1 Å². The van der Waals surface area contributed by atoms with E-state index in [-0.39, 0.29) is 30.3 Å². The molecular weight excluding hydrogens is 332 g/mol. The molecule has 0 bridgehead atoms. The third-order valence-electron chi connectivity index (χ3n) is 4.61. The van der Waals surface area contributed by atoms with Gasteiger partial charge >= 0.3 is 0 Å². The van der Waals surface area contributed by atoms with Crippen LogP contribution in [0.15, 0.2) is 28.7 Å². The van der Waals surface area contributed by atoms with Crippen LogP contribution in [0.3, 0.4) is 0 Å². The molecule has 1 saturated carbocycles. The molecule has 112 valence electrons. The molecule has 1 aromatic rings. The van der Waals surface area contributed by atoms with E-state index in [0.29, 0.717) is 0 Å². The highest BCUT2D eigenvalue weighted by molar-refractivity contribution is 9.10. The fourth-order valence-corrected chi connectivity index (χ4v) is 3.52. The summed E-state index contributed by atoms with van der Waals surface area (Å²) in [7, 11) is 0. The smallest absolute Gasteiger partial charge is 0.249 e. The van der Waals surface area contributed by atoms with E-state index in [1.165, 1.54) is 0 Å². The Kier molecular flexibility index (Phi) is 3.56. The molecule has 1 aliphatic heterocycles. The third kappa shape index (κ3) is 2.59. The summed E-state index contributed by atoms with van der Waals surface area (Å²) >= 11 is 3.45. The number of carbonyl (C=O) groups excluding carboxylic acids is 2. The van der Waals surface area contributed by atoms with Crippen LogP contribution in [0.25, 0.3) is 0 Å². The maximum Gasteiger partial charge on any atom is 0.249 e. The first kappa shape index (κ1) is 14.6. The largest absolute Gasteiger partial charge is 0.340 e. The molecule has 2 unspecified atom stereocenters. The van der Waals surface area contributed by atoms with E-state index >= 15 is 0 Å². The summed E-state index contributed by atoms with van der Waals surface area (Å²) in [6.07, 6.45) is 2.03. The van der Waals surface area contributed by atoms with Crippen molar-refractivity contribution in [2.75, 3.05) is 6.54 Å². The van der Waals surface area contributed by atoms with Crippen molar-refractivity contribution in [1.82, 2.24) is 10.2 Å². The van der Waals surface area contributed by atoms with Gasteiger partial charge in [-0.3, -0.25) is 9.59 Å². The summed E-state index contributed by atoms with van der Waals surface area (Å²) < 4.78 is 0.978. The minimum atomic E-state index is -0.727. The molecule has 21 heavy (non-hydrogen) atoms. The van der Waals surface area contributed by atoms with E-state index in [1.54, 1.807) is 4.90 Å². The van der Waals surface area contributed by atoms with Gasteiger partial charge in [0, 0.05) is 4.47 Å².